The van der Waals surface area contributed by atoms with E-state index in [-0.39, 0.29) is 26.1 Å². The van der Waals surface area contributed by atoms with E-state index in [4.69, 9.17) is 24.7 Å². The van der Waals surface area contributed by atoms with E-state index in [1.165, 1.54) is 10.9 Å². The number of anilines is 1. The van der Waals surface area contributed by atoms with E-state index in [2.05, 4.69) is 10.2 Å². The minimum atomic E-state index is -1.06. The molecule has 0 aromatic carbocycles. The molecule has 0 spiro atoms. The van der Waals surface area contributed by atoms with Crippen LogP contribution in [0.2, 0.25) is 0 Å². The average Bonchev–Trinajstić information content (AvgIpc) is 3.38. The van der Waals surface area contributed by atoms with Gasteiger partial charge in [-0.3, -0.25) is 19.5 Å². The molecule has 4 heterocycles. The molecule has 2 aromatic heterocycles. The van der Waals surface area contributed by atoms with Crippen molar-refractivity contribution in [3.05, 3.63) is 33.9 Å². The summed E-state index contributed by atoms with van der Waals surface area (Å²) in [5.41, 5.74) is 7.41. The second-order valence-electron chi connectivity index (χ2n) is 6.62. The standard InChI is InChI=1S/C8H11N3O4.C8H13N3O2.Pd/c1-8(14-3-4-15-8)7-6(11(12)13)5-9-10(7)2;1-8(12-3-4-13-8)7-6(9)5-10-11(7)2;/h5H,3-4H2,1-2H3;5H,3-4,9H2,1-2H3;. The molecule has 4 rings (SSSR count). The van der Waals surface area contributed by atoms with E-state index >= 15 is 0 Å². The van der Waals surface area contributed by atoms with Gasteiger partial charge in [-0.05, 0) is 13.8 Å². The largest absolute Gasteiger partial charge is 0.396 e. The van der Waals surface area contributed by atoms with Gasteiger partial charge in [0.05, 0.1) is 43.2 Å². The molecule has 12 nitrogen and oxygen atoms in total. The van der Waals surface area contributed by atoms with Crippen LogP contribution in [-0.2, 0) is 65.0 Å². The Morgan fingerprint density at radius 1 is 0.966 bits per heavy atom. The van der Waals surface area contributed by atoms with Crippen molar-refractivity contribution in [1.29, 1.82) is 0 Å². The van der Waals surface area contributed by atoms with Crippen molar-refractivity contribution < 1.29 is 44.3 Å². The van der Waals surface area contributed by atoms with Crippen molar-refractivity contribution in [3.63, 3.8) is 0 Å². The number of nitro groups is 1. The molecular weight excluding hydrogens is 479 g/mol. The molecule has 0 bridgehead atoms. The summed E-state index contributed by atoms with van der Waals surface area (Å²) >= 11 is 0. The molecule has 2 aromatic rings. The second kappa shape index (κ2) is 8.87. The van der Waals surface area contributed by atoms with Gasteiger partial charge < -0.3 is 24.7 Å². The van der Waals surface area contributed by atoms with Gasteiger partial charge in [0.1, 0.15) is 11.9 Å². The molecule has 0 radical (unpaired) electrons. The normalized spacial score (nSPS) is 19.3. The van der Waals surface area contributed by atoms with Crippen molar-refractivity contribution >= 4 is 11.4 Å². The van der Waals surface area contributed by atoms with Crippen LogP contribution in [0.15, 0.2) is 12.4 Å². The molecular formula is C16H24N6O6Pd. The zero-order valence-corrected chi connectivity index (χ0v) is 18.1. The Bertz CT molecular complexity index is 837. The van der Waals surface area contributed by atoms with Crippen LogP contribution in [0.1, 0.15) is 25.2 Å². The van der Waals surface area contributed by atoms with Crippen LogP contribution in [0.25, 0.3) is 0 Å². The number of hydrogen-bond donors (Lipinski definition) is 1. The third-order valence-corrected chi connectivity index (χ3v) is 4.62. The Morgan fingerprint density at radius 3 is 1.79 bits per heavy atom. The van der Waals surface area contributed by atoms with E-state index in [0.29, 0.717) is 37.8 Å². The van der Waals surface area contributed by atoms with E-state index in [9.17, 15) is 10.1 Å². The number of nitrogens with zero attached hydrogens (tertiary/aromatic N) is 5. The molecule has 0 unspecified atom stereocenters. The summed E-state index contributed by atoms with van der Waals surface area (Å²) in [4.78, 5) is 10.3. The van der Waals surface area contributed by atoms with Gasteiger partial charge >= 0.3 is 5.69 Å². The van der Waals surface area contributed by atoms with Crippen LogP contribution < -0.4 is 5.73 Å². The van der Waals surface area contributed by atoms with E-state index < -0.39 is 16.5 Å². The average molecular weight is 503 g/mol. The third-order valence-electron chi connectivity index (χ3n) is 4.62. The fourth-order valence-corrected chi connectivity index (χ4v) is 3.40. The molecule has 2 saturated heterocycles. The molecule has 0 amide bonds. The van der Waals surface area contributed by atoms with Gasteiger partial charge in [-0.1, -0.05) is 0 Å². The number of rotatable bonds is 3. The summed E-state index contributed by atoms with van der Waals surface area (Å²) in [6, 6.07) is 0. The van der Waals surface area contributed by atoms with Crippen LogP contribution in [-0.4, -0.2) is 50.9 Å². The quantitative estimate of drug-likeness (QED) is 0.366. The van der Waals surface area contributed by atoms with Gasteiger partial charge in [0.2, 0.25) is 11.6 Å². The van der Waals surface area contributed by atoms with Crippen molar-refractivity contribution in [3.8, 4) is 0 Å². The Morgan fingerprint density at radius 2 is 1.38 bits per heavy atom. The van der Waals surface area contributed by atoms with Crippen molar-refractivity contribution in [2.45, 2.75) is 25.4 Å². The Labute approximate surface area is 181 Å². The van der Waals surface area contributed by atoms with Crippen molar-refractivity contribution in [2.75, 3.05) is 32.2 Å². The fraction of sp³-hybridized carbons (Fsp3) is 0.625. The molecule has 2 N–H and O–H groups in total. The van der Waals surface area contributed by atoms with E-state index in [0.717, 1.165) is 5.69 Å². The Kier molecular flexibility index (Phi) is 7.15. The van der Waals surface area contributed by atoms with Crippen LogP contribution in [0.4, 0.5) is 11.4 Å². The van der Waals surface area contributed by atoms with Gasteiger partial charge in [0, 0.05) is 34.5 Å². The minimum Gasteiger partial charge on any atom is -0.396 e. The van der Waals surface area contributed by atoms with Gasteiger partial charge in [-0.15, -0.1) is 0 Å². The first-order valence-electron chi connectivity index (χ1n) is 8.68. The summed E-state index contributed by atoms with van der Waals surface area (Å²) in [6.45, 7) is 5.57. The number of ether oxygens (including phenoxy) is 4. The molecule has 2 aliphatic heterocycles. The monoisotopic (exact) mass is 502 g/mol. The predicted molar refractivity (Wildman–Crippen MR) is 96.0 cm³/mol. The Hall–Kier alpha value is -1.88. The summed E-state index contributed by atoms with van der Waals surface area (Å²) in [6.07, 6.45) is 2.80. The number of hydrogen-bond acceptors (Lipinski definition) is 9. The van der Waals surface area contributed by atoms with Gasteiger partial charge in [0.15, 0.2) is 5.69 Å². The topological polar surface area (TPSA) is 142 Å². The summed E-state index contributed by atoms with van der Waals surface area (Å²) in [7, 11) is 3.45. The summed E-state index contributed by atoms with van der Waals surface area (Å²) in [5, 5.41) is 18.7. The van der Waals surface area contributed by atoms with E-state index in [1.54, 1.807) is 24.9 Å². The number of aryl methyl sites for hydroxylation is 2. The fourth-order valence-electron chi connectivity index (χ4n) is 3.40. The van der Waals surface area contributed by atoms with Gasteiger partial charge in [-0.25, -0.2) is 0 Å². The predicted octanol–water partition coefficient (Wildman–Crippen LogP) is 0.767. The van der Waals surface area contributed by atoms with Crippen LogP contribution >= 0.6 is 0 Å². The van der Waals surface area contributed by atoms with E-state index in [1.807, 2.05) is 14.0 Å². The molecule has 2 fully saturated rings. The maximum atomic E-state index is 10.8. The molecule has 13 heteroatoms. The smallest absolute Gasteiger partial charge is 0.315 e. The first kappa shape index (κ1) is 23.4. The maximum Gasteiger partial charge on any atom is 0.315 e. The molecule has 0 saturated carbocycles. The zero-order valence-electron chi connectivity index (χ0n) is 16.6. The minimum absolute atomic E-state index is 0. The van der Waals surface area contributed by atoms with Gasteiger partial charge in [-0.2, -0.15) is 10.2 Å². The van der Waals surface area contributed by atoms with Crippen LogP contribution in [0, 0.1) is 10.1 Å². The third kappa shape index (κ3) is 4.50. The van der Waals surface area contributed by atoms with Crippen LogP contribution in [0.5, 0.6) is 0 Å². The number of nitrogen functional groups attached to an aromatic ring is 1. The Balaban J connectivity index is 0.000000202. The molecule has 0 atom stereocenters. The molecule has 29 heavy (non-hydrogen) atoms. The van der Waals surface area contributed by atoms with Crippen molar-refractivity contribution in [2.24, 2.45) is 14.1 Å². The van der Waals surface area contributed by atoms with Crippen LogP contribution in [0.3, 0.4) is 0 Å². The molecule has 2 aliphatic rings. The number of nitrogens with two attached hydrogens (primary N) is 1. The maximum absolute atomic E-state index is 10.8. The second-order valence-corrected chi connectivity index (χ2v) is 6.62. The first-order chi connectivity index (χ1) is 13.2. The summed E-state index contributed by atoms with van der Waals surface area (Å²) < 4.78 is 24.8. The molecule has 164 valence electrons. The molecule has 0 aliphatic carbocycles. The number of aromatic nitrogens is 4. The van der Waals surface area contributed by atoms with Gasteiger partial charge in [0.25, 0.3) is 0 Å². The summed E-state index contributed by atoms with van der Waals surface area (Å²) in [5.74, 6) is -1.79. The zero-order chi connectivity index (χ0) is 20.5. The first-order valence-corrected chi connectivity index (χ1v) is 8.68. The SMILES string of the molecule is Cn1ncc(N)c1C1(C)OCCO1.Cn1ncc([N+](=O)[O-])c1C1(C)OCCO1.[Pd]. The van der Waals surface area contributed by atoms with Crippen molar-refractivity contribution in [1.82, 2.24) is 19.6 Å².